The molecule has 1 atom stereocenters. The number of carbonyl (C=O) groups excluding carboxylic acids is 1. The van der Waals surface area contributed by atoms with E-state index in [2.05, 4.69) is 17.4 Å². The third-order valence-electron chi connectivity index (χ3n) is 4.99. The second-order valence-corrected chi connectivity index (χ2v) is 9.37. The molecule has 0 saturated heterocycles. The maximum absolute atomic E-state index is 12.4. The van der Waals surface area contributed by atoms with E-state index < -0.39 is 10.0 Å². The standard InChI is InChI=1S/C21H26N2O4S/c1-15-13-17(28(25,26)23(2)3)11-12-20(15)27-14-21(24)22-19-10-6-8-16-7-4-5-9-18(16)19/h4-5,7,9,11-13,19H,6,8,10,14H2,1-3H3,(H,22,24). The van der Waals surface area contributed by atoms with E-state index >= 15 is 0 Å². The fraction of sp³-hybridized carbons (Fsp3) is 0.381. The van der Waals surface area contributed by atoms with E-state index in [1.54, 1.807) is 19.1 Å². The minimum absolute atomic E-state index is 0.00903. The number of rotatable bonds is 6. The van der Waals surface area contributed by atoms with Gasteiger partial charge in [-0.3, -0.25) is 4.79 Å². The van der Waals surface area contributed by atoms with E-state index in [1.807, 2.05) is 12.1 Å². The van der Waals surface area contributed by atoms with Gasteiger partial charge in [0.05, 0.1) is 10.9 Å². The first-order valence-corrected chi connectivity index (χ1v) is 10.8. The molecule has 150 valence electrons. The topological polar surface area (TPSA) is 75.7 Å². The average molecular weight is 403 g/mol. The third kappa shape index (κ3) is 4.36. The molecule has 0 aliphatic heterocycles. The highest BCUT2D eigenvalue weighted by Gasteiger charge is 2.22. The molecular formula is C21H26N2O4S. The molecule has 0 saturated carbocycles. The van der Waals surface area contributed by atoms with Crippen LogP contribution in [0.25, 0.3) is 0 Å². The maximum atomic E-state index is 12.4. The molecule has 28 heavy (non-hydrogen) atoms. The normalized spacial score (nSPS) is 16.5. The Kier molecular flexibility index (Phi) is 6.05. The highest BCUT2D eigenvalue weighted by atomic mass is 32.2. The molecular weight excluding hydrogens is 376 g/mol. The van der Waals surface area contributed by atoms with Crippen LogP contribution in [0.4, 0.5) is 0 Å². The number of hydrogen-bond acceptors (Lipinski definition) is 4. The molecule has 0 fully saturated rings. The minimum Gasteiger partial charge on any atom is -0.484 e. The van der Waals surface area contributed by atoms with Gasteiger partial charge in [-0.2, -0.15) is 0 Å². The Labute approximate surface area is 166 Å². The van der Waals surface area contributed by atoms with Crippen molar-refractivity contribution in [3.63, 3.8) is 0 Å². The molecule has 1 aliphatic rings. The molecule has 2 aromatic rings. The van der Waals surface area contributed by atoms with Crippen LogP contribution in [0, 0.1) is 6.92 Å². The van der Waals surface area contributed by atoms with Crippen molar-refractivity contribution in [3.05, 3.63) is 59.2 Å². The van der Waals surface area contributed by atoms with Gasteiger partial charge in [0, 0.05) is 14.1 Å². The molecule has 7 heteroatoms. The third-order valence-corrected chi connectivity index (χ3v) is 6.80. The first-order valence-electron chi connectivity index (χ1n) is 9.32. The van der Waals surface area contributed by atoms with Crippen molar-refractivity contribution >= 4 is 15.9 Å². The Morgan fingerprint density at radius 3 is 2.68 bits per heavy atom. The molecule has 1 aliphatic carbocycles. The number of nitrogens with one attached hydrogen (secondary N) is 1. The van der Waals surface area contributed by atoms with Gasteiger partial charge in [0.1, 0.15) is 5.75 Å². The second kappa shape index (κ2) is 8.32. The van der Waals surface area contributed by atoms with E-state index in [0.29, 0.717) is 11.3 Å². The van der Waals surface area contributed by atoms with Gasteiger partial charge in [0.15, 0.2) is 6.61 Å². The number of carbonyl (C=O) groups is 1. The summed E-state index contributed by atoms with van der Waals surface area (Å²) in [6.45, 7) is 1.65. The van der Waals surface area contributed by atoms with Gasteiger partial charge in [0.25, 0.3) is 5.91 Å². The molecule has 0 radical (unpaired) electrons. The van der Waals surface area contributed by atoms with Crippen LogP contribution >= 0.6 is 0 Å². The van der Waals surface area contributed by atoms with Crippen molar-refractivity contribution in [2.75, 3.05) is 20.7 Å². The van der Waals surface area contributed by atoms with Crippen molar-refractivity contribution in [2.45, 2.75) is 37.1 Å². The first-order chi connectivity index (χ1) is 13.3. The molecule has 2 aromatic carbocycles. The van der Waals surface area contributed by atoms with Crippen LogP contribution < -0.4 is 10.1 Å². The van der Waals surface area contributed by atoms with Crippen LogP contribution in [0.2, 0.25) is 0 Å². The van der Waals surface area contributed by atoms with Crippen LogP contribution in [0.15, 0.2) is 47.4 Å². The van der Waals surface area contributed by atoms with Gasteiger partial charge in [-0.25, -0.2) is 12.7 Å². The van der Waals surface area contributed by atoms with E-state index in [0.717, 1.165) is 23.6 Å². The van der Waals surface area contributed by atoms with Crippen LogP contribution in [0.1, 0.15) is 35.6 Å². The smallest absolute Gasteiger partial charge is 0.258 e. The van der Waals surface area contributed by atoms with Crippen molar-refractivity contribution in [1.29, 1.82) is 0 Å². The van der Waals surface area contributed by atoms with Gasteiger partial charge in [0.2, 0.25) is 10.0 Å². The summed E-state index contributed by atoms with van der Waals surface area (Å²) in [6.07, 6.45) is 3.00. The van der Waals surface area contributed by atoms with Gasteiger partial charge >= 0.3 is 0 Å². The van der Waals surface area contributed by atoms with Crippen LogP contribution in [0.3, 0.4) is 0 Å². The van der Waals surface area contributed by atoms with Crippen LogP contribution in [-0.2, 0) is 21.2 Å². The summed E-state index contributed by atoms with van der Waals surface area (Å²) in [5, 5.41) is 3.05. The zero-order valence-corrected chi connectivity index (χ0v) is 17.3. The quantitative estimate of drug-likeness (QED) is 0.806. The largest absolute Gasteiger partial charge is 0.484 e. The van der Waals surface area contributed by atoms with E-state index in [-0.39, 0.29) is 23.5 Å². The Balaban J connectivity index is 1.63. The molecule has 1 amide bonds. The molecule has 0 bridgehead atoms. The number of benzene rings is 2. The lowest BCUT2D eigenvalue weighted by Gasteiger charge is -2.26. The number of amides is 1. The average Bonchev–Trinajstić information content (AvgIpc) is 2.67. The molecule has 6 nitrogen and oxygen atoms in total. The highest BCUT2D eigenvalue weighted by molar-refractivity contribution is 7.89. The Morgan fingerprint density at radius 2 is 1.96 bits per heavy atom. The monoisotopic (exact) mass is 402 g/mol. The van der Waals surface area contributed by atoms with E-state index in [1.165, 1.54) is 31.3 Å². The predicted molar refractivity (Wildman–Crippen MR) is 108 cm³/mol. The van der Waals surface area contributed by atoms with Gasteiger partial charge in [-0.05, 0) is 61.1 Å². The van der Waals surface area contributed by atoms with Gasteiger partial charge in [-0.1, -0.05) is 24.3 Å². The second-order valence-electron chi connectivity index (χ2n) is 7.21. The van der Waals surface area contributed by atoms with E-state index in [9.17, 15) is 13.2 Å². The SMILES string of the molecule is Cc1cc(S(=O)(=O)N(C)C)ccc1OCC(=O)NC1CCCc2ccccc21. The van der Waals surface area contributed by atoms with Gasteiger partial charge < -0.3 is 10.1 Å². The molecule has 0 heterocycles. The predicted octanol–water partition coefficient (Wildman–Crippen LogP) is 2.82. The maximum Gasteiger partial charge on any atom is 0.258 e. The zero-order valence-electron chi connectivity index (χ0n) is 16.4. The Morgan fingerprint density at radius 1 is 1.21 bits per heavy atom. The number of hydrogen-bond donors (Lipinski definition) is 1. The van der Waals surface area contributed by atoms with Crippen molar-refractivity contribution in [1.82, 2.24) is 9.62 Å². The lowest BCUT2D eigenvalue weighted by atomic mass is 9.88. The Bertz CT molecular complexity index is 970. The van der Waals surface area contributed by atoms with Gasteiger partial charge in [-0.15, -0.1) is 0 Å². The summed E-state index contributed by atoms with van der Waals surface area (Å²) in [4.78, 5) is 12.6. The minimum atomic E-state index is -3.50. The number of ether oxygens (including phenoxy) is 1. The van der Waals surface area contributed by atoms with Crippen LogP contribution in [0.5, 0.6) is 5.75 Å². The number of nitrogens with zero attached hydrogens (tertiary/aromatic N) is 1. The van der Waals surface area contributed by atoms with Crippen molar-refractivity contribution < 1.29 is 17.9 Å². The first kappa shape index (κ1) is 20.4. The Hall–Kier alpha value is -2.38. The molecule has 1 N–H and O–H groups in total. The summed E-state index contributed by atoms with van der Waals surface area (Å²) in [6, 6.07) is 12.8. The van der Waals surface area contributed by atoms with Crippen molar-refractivity contribution in [3.8, 4) is 5.75 Å². The summed E-state index contributed by atoms with van der Waals surface area (Å²) in [7, 11) is -0.519. The molecule has 1 unspecified atom stereocenters. The number of fused-ring (bicyclic) bond motifs is 1. The van der Waals surface area contributed by atoms with Crippen LogP contribution in [-0.4, -0.2) is 39.3 Å². The lowest BCUT2D eigenvalue weighted by Crippen LogP contribution is -2.34. The van der Waals surface area contributed by atoms with E-state index in [4.69, 9.17) is 4.74 Å². The zero-order chi connectivity index (χ0) is 20.3. The number of sulfonamides is 1. The highest BCUT2D eigenvalue weighted by Crippen LogP contribution is 2.29. The summed E-state index contributed by atoms with van der Waals surface area (Å²) < 4.78 is 31.2. The molecule has 0 aromatic heterocycles. The summed E-state index contributed by atoms with van der Waals surface area (Å²) in [5.41, 5.74) is 3.13. The fourth-order valence-electron chi connectivity index (χ4n) is 3.44. The number of aryl methyl sites for hydroxylation is 2. The summed E-state index contributed by atoms with van der Waals surface area (Å²) in [5.74, 6) is 0.308. The summed E-state index contributed by atoms with van der Waals surface area (Å²) >= 11 is 0. The molecule has 0 spiro atoms. The lowest BCUT2D eigenvalue weighted by molar-refractivity contribution is -0.124. The van der Waals surface area contributed by atoms with Crippen molar-refractivity contribution in [2.24, 2.45) is 0 Å². The molecule has 3 rings (SSSR count). The fourth-order valence-corrected chi connectivity index (χ4v) is 4.43.